The van der Waals surface area contributed by atoms with Crippen molar-refractivity contribution in [3.05, 3.63) is 114 Å². The van der Waals surface area contributed by atoms with E-state index in [1.165, 1.54) is 0 Å². The Labute approximate surface area is 180 Å². The Morgan fingerprint density at radius 2 is 1.58 bits per heavy atom. The Morgan fingerprint density at radius 3 is 2.29 bits per heavy atom. The highest BCUT2D eigenvalue weighted by atomic mass is 16.5. The van der Waals surface area contributed by atoms with Crippen molar-refractivity contribution in [1.82, 2.24) is 10.3 Å². The van der Waals surface area contributed by atoms with Gasteiger partial charge in [-0.1, -0.05) is 54.6 Å². The summed E-state index contributed by atoms with van der Waals surface area (Å²) in [4.78, 5) is 17.4. The summed E-state index contributed by atoms with van der Waals surface area (Å²) < 4.78 is 11.8. The molecular weight excluding hydrogens is 388 g/mol. The van der Waals surface area contributed by atoms with Crippen LogP contribution in [0, 0.1) is 0 Å². The molecule has 4 aromatic rings. The van der Waals surface area contributed by atoms with E-state index in [1.807, 2.05) is 84.9 Å². The van der Waals surface area contributed by atoms with Crippen LogP contribution in [0.5, 0.6) is 23.1 Å². The van der Waals surface area contributed by atoms with Crippen LogP contribution >= 0.6 is 0 Å². The third-order valence-electron chi connectivity index (χ3n) is 5.17. The number of pyridine rings is 1. The van der Waals surface area contributed by atoms with Crippen molar-refractivity contribution in [3.63, 3.8) is 0 Å². The SMILES string of the molecule is O=C(NCc1cccc(Oc2ccccn2)c1)C1c2ccccc2Oc2ccccc21. The topological polar surface area (TPSA) is 60.5 Å². The lowest BCUT2D eigenvalue weighted by atomic mass is 9.87. The first-order valence-electron chi connectivity index (χ1n) is 10.1. The Morgan fingerprint density at radius 1 is 0.871 bits per heavy atom. The summed E-state index contributed by atoms with van der Waals surface area (Å²) in [5.74, 6) is 2.14. The van der Waals surface area contributed by atoms with Gasteiger partial charge in [-0.3, -0.25) is 4.79 Å². The van der Waals surface area contributed by atoms with E-state index in [0.29, 0.717) is 29.7 Å². The summed E-state index contributed by atoms with van der Waals surface area (Å²) in [5, 5.41) is 3.08. The van der Waals surface area contributed by atoms with E-state index in [4.69, 9.17) is 9.47 Å². The summed E-state index contributed by atoms with van der Waals surface area (Å²) in [6.07, 6.45) is 1.68. The molecule has 31 heavy (non-hydrogen) atoms. The number of carbonyl (C=O) groups excluding carboxylic acids is 1. The number of hydrogen-bond donors (Lipinski definition) is 1. The Kier molecular flexibility index (Phi) is 5.07. The van der Waals surface area contributed by atoms with Crippen LogP contribution < -0.4 is 14.8 Å². The summed E-state index contributed by atoms with van der Waals surface area (Å²) in [5.41, 5.74) is 2.67. The molecule has 3 aromatic carbocycles. The van der Waals surface area contributed by atoms with Crippen LogP contribution in [0.4, 0.5) is 0 Å². The minimum absolute atomic E-state index is 0.0701. The number of benzene rings is 3. The number of amides is 1. The maximum atomic E-state index is 13.3. The van der Waals surface area contributed by atoms with Gasteiger partial charge in [0, 0.05) is 29.9 Å². The van der Waals surface area contributed by atoms with E-state index in [9.17, 15) is 4.79 Å². The highest BCUT2D eigenvalue weighted by Gasteiger charge is 2.32. The van der Waals surface area contributed by atoms with Gasteiger partial charge in [-0.2, -0.15) is 0 Å². The third kappa shape index (κ3) is 3.98. The van der Waals surface area contributed by atoms with Crippen molar-refractivity contribution in [2.45, 2.75) is 12.5 Å². The maximum absolute atomic E-state index is 13.3. The molecule has 0 fully saturated rings. The van der Waals surface area contributed by atoms with Gasteiger partial charge < -0.3 is 14.8 Å². The number of nitrogens with one attached hydrogen (secondary N) is 1. The Hall–Kier alpha value is -4.12. The quantitative estimate of drug-likeness (QED) is 0.478. The van der Waals surface area contributed by atoms with Gasteiger partial charge in [-0.25, -0.2) is 4.98 Å². The van der Waals surface area contributed by atoms with Gasteiger partial charge in [0.25, 0.3) is 0 Å². The fourth-order valence-corrected chi connectivity index (χ4v) is 3.73. The average Bonchev–Trinajstić information content (AvgIpc) is 2.82. The molecule has 5 rings (SSSR count). The number of hydrogen-bond acceptors (Lipinski definition) is 4. The highest BCUT2D eigenvalue weighted by Crippen LogP contribution is 2.43. The molecule has 152 valence electrons. The van der Waals surface area contributed by atoms with E-state index in [-0.39, 0.29) is 5.91 Å². The minimum Gasteiger partial charge on any atom is -0.457 e. The Balaban J connectivity index is 1.34. The summed E-state index contributed by atoms with van der Waals surface area (Å²) >= 11 is 0. The second-order valence-electron chi connectivity index (χ2n) is 7.25. The molecule has 0 atom stereocenters. The molecule has 5 heteroatoms. The molecule has 1 N–H and O–H groups in total. The van der Waals surface area contributed by atoms with E-state index in [0.717, 1.165) is 16.7 Å². The normalized spacial score (nSPS) is 12.3. The summed E-state index contributed by atoms with van der Waals surface area (Å²) in [6, 6.07) is 28.5. The smallest absolute Gasteiger partial charge is 0.232 e. The molecule has 1 aromatic heterocycles. The first-order chi connectivity index (χ1) is 15.3. The molecule has 1 aliphatic rings. The number of aromatic nitrogens is 1. The van der Waals surface area contributed by atoms with Crippen molar-refractivity contribution in [1.29, 1.82) is 0 Å². The molecule has 1 aliphatic heterocycles. The number of fused-ring (bicyclic) bond motifs is 2. The lowest BCUT2D eigenvalue weighted by molar-refractivity contribution is -0.122. The third-order valence-corrected chi connectivity index (χ3v) is 5.17. The van der Waals surface area contributed by atoms with Gasteiger partial charge in [-0.05, 0) is 35.9 Å². The fraction of sp³-hybridized carbons (Fsp3) is 0.0769. The molecule has 1 amide bonds. The standard InChI is InChI=1S/C26H20N2O3/c29-26(25-20-10-1-3-12-22(20)31-23-13-4-2-11-21(23)25)28-17-18-8-7-9-19(16-18)30-24-14-5-6-15-27-24/h1-16,25H,17H2,(H,28,29). The van der Waals surface area contributed by atoms with Gasteiger partial charge >= 0.3 is 0 Å². The molecule has 0 aliphatic carbocycles. The number of para-hydroxylation sites is 2. The molecule has 0 spiro atoms. The van der Waals surface area contributed by atoms with E-state index < -0.39 is 5.92 Å². The average molecular weight is 408 g/mol. The maximum Gasteiger partial charge on any atom is 0.232 e. The van der Waals surface area contributed by atoms with Crippen LogP contribution in [0.15, 0.2) is 97.2 Å². The van der Waals surface area contributed by atoms with Crippen molar-refractivity contribution in [2.75, 3.05) is 0 Å². The fourth-order valence-electron chi connectivity index (χ4n) is 3.73. The number of rotatable bonds is 5. The van der Waals surface area contributed by atoms with Crippen LogP contribution in [-0.2, 0) is 11.3 Å². The van der Waals surface area contributed by atoms with Crippen LogP contribution in [0.25, 0.3) is 0 Å². The largest absolute Gasteiger partial charge is 0.457 e. The zero-order valence-electron chi connectivity index (χ0n) is 16.7. The number of ether oxygens (including phenoxy) is 2. The van der Waals surface area contributed by atoms with Gasteiger partial charge in [0.2, 0.25) is 11.8 Å². The van der Waals surface area contributed by atoms with Gasteiger partial charge in [0.1, 0.15) is 17.2 Å². The zero-order chi connectivity index (χ0) is 21.0. The van der Waals surface area contributed by atoms with Crippen LogP contribution in [0.1, 0.15) is 22.6 Å². The predicted octanol–water partition coefficient (Wildman–Crippen LogP) is 5.43. The first kappa shape index (κ1) is 18.9. The van der Waals surface area contributed by atoms with Gasteiger partial charge in [0.05, 0.1) is 5.92 Å². The highest BCUT2D eigenvalue weighted by molar-refractivity contribution is 5.89. The van der Waals surface area contributed by atoms with Crippen LogP contribution in [-0.4, -0.2) is 10.9 Å². The Bertz CT molecular complexity index is 1180. The van der Waals surface area contributed by atoms with Crippen molar-refractivity contribution in [3.8, 4) is 23.1 Å². The van der Waals surface area contributed by atoms with E-state index >= 15 is 0 Å². The lowest BCUT2D eigenvalue weighted by Gasteiger charge is -2.27. The molecule has 5 nitrogen and oxygen atoms in total. The van der Waals surface area contributed by atoms with E-state index in [2.05, 4.69) is 10.3 Å². The van der Waals surface area contributed by atoms with Crippen LogP contribution in [0.3, 0.4) is 0 Å². The first-order valence-corrected chi connectivity index (χ1v) is 10.1. The molecular formula is C26H20N2O3. The second kappa shape index (κ2) is 8.32. The molecule has 2 heterocycles. The lowest BCUT2D eigenvalue weighted by Crippen LogP contribution is -2.31. The summed E-state index contributed by atoms with van der Waals surface area (Å²) in [7, 11) is 0. The second-order valence-corrected chi connectivity index (χ2v) is 7.25. The van der Waals surface area contributed by atoms with E-state index in [1.54, 1.807) is 12.3 Å². The predicted molar refractivity (Wildman–Crippen MR) is 117 cm³/mol. The van der Waals surface area contributed by atoms with Crippen LogP contribution in [0.2, 0.25) is 0 Å². The minimum atomic E-state index is -0.422. The number of carbonyl (C=O) groups is 1. The van der Waals surface area contributed by atoms with Gasteiger partial charge in [0.15, 0.2) is 0 Å². The zero-order valence-corrected chi connectivity index (χ0v) is 16.7. The monoisotopic (exact) mass is 408 g/mol. The molecule has 0 bridgehead atoms. The summed E-state index contributed by atoms with van der Waals surface area (Å²) in [6.45, 7) is 0.389. The molecule has 0 radical (unpaired) electrons. The number of nitrogens with zero attached hydrogens (tertiary/aromatic N) is 1. The van der Waals surface area contributed by atoms with Crippen molar-refractivity contribution < 1.29 is 14.3 Å². The van der Waals surface area contributed by atoms with Crippen molar-refractivity contribution >= 4 is 5.91 Å². The van der Waals surface area contributed by atoms with Gasteiger partial charge in [-0.15, -0.1) is 0 Å². The molecule has 0 saturated carbocycles. The molecule has 0 saturated heterocycles. The molecule has 0 unspecified atom stereocenters. The van der Waals surface area contributed by atoms with Crippen molar-refractivity contribution in [2.24, 2.45) is 0 Å².